The van der Waals surface area contributed by atoms with E-state index in [-0.39, 0.29) is 11.3 Å². The van der Waals surface area contributed by atoms with Crippen molar-refractivity contribution >= 4 is 11.9 Å². The average Bonchev–Trinajstić information content (AvgIpc) is 2.65. The van der Waals surface area contributed by atoms with E-state index in [2.05, 4.69) is 14.9 Å². The lowest BCUT2D eigenvalue weighted by Gasteiger charge is -2.48. The molecular formula is C18H28N4O3. The van der Waals surface area contributed by atoms with Crippen molar-refractivity contribution in [1.29, 1.82) is 0 Å². The fraction of sp³-hybridized carbons (Fsp3) is 0.722. The molecule has 138 valence electrons. The van der Waals surface area contributed by atoms with Gasteiger partial charge in [0.15, 0.2) is 0 Å². The number of hydrogen-bond acceptors (Lipinski definition) is 6. The molecule has 2 saturated heterocycles. The Kier molecular flexibility index (Phi) is 5.73. The Balaban J connectivity index is 1.69. The highest BCUT2D eigenvalue weighted by molar-refractivity contribution is 5.77. The van der Waals surface area contributed by atoms with Crippen LogP contribution >= 0.6 is 0 Å². The molecule has 3 heterocycles. The van der Waals surface area contributed by atoms with Crippen LogP contribution in [0.1, 0.15) is 32.1 Å². The molecule has 2 aliphatic heterocycles. The van der Waals surface area contributed by atoms with Crippen LogP contribution in [0.3, 0.4) is 0 Å². The molecule has 7 nitrogen and oxygen atoms in total. The number of amides is 1. The van der Waals surface area contributed by atoms with Gasteiger partial charge in [0.1, 0.15) is 0 Å². The minimum atomic E-state index is 0.145. The van der Waals surface area contributed by atoms with Crippen LogP contribution in [0, 0.1) is 5.41 Å². The fourth-order valence-corrected chi connectivity index (χ4v) is 4.02. The van der Waals surface area contributed by atoms with Gasteiger partial charge in [-0.15, -0.1) is 0 Å². The lowest BCUT2D eigenvalue weighted by molar-refractivity contribution is -0.138. The topological polar surface area (TPSA) is 67.8 Å². The van der Waals surface area contributed by atoms with Crippen molar-refractivity contribution in [3.05, 3.63) is 12.3 Å². The molecule has 0 bridgehead atoms. The maximum Gasteiger partial charge on any atom is 0.228 e. The lowest BCUT2D eigenvalue weighted by atomic mass is 9.73. The SMILES string of the molecule is COCCCN1C[C@@]2(CCCN(c3nccc(OC)n3)C2)CCC1=O. The highest BCUT2D eigenvalue weighted by Crippen LogP contribution is 2.39. The molecule has 1 aromatic heterocycles. The van der Waals surface area contributed by atoms with Crippen LogP contribution in [-0.4, -0.2) is 67.8 Å². The van der Waals surface area contributed by atoms with E-state index in [0.29, 0.717) is 18.9 Å². The zero-order chi connectivity index (χ0) is 17.7. The summed E-state index contributed by atoms with van der Waals surface area (Å²) in [5.41, 5.74) is 0.145. The quantitative estimate of drug-likeness (QED) is 0.730. The first-order chi connectivity index (χ1) is 12.2. The number of likely N-dealkylation sites (tertiary alicyclic amines) is 1. The molecule has 0 saturated carbocycles. The molecule has 0 aliphatic carbocycles. The number of ether oxygens (including phenoxy) is 2. The summed E-state index contributed by atoms with van der Waals surface area (Å²) in [5.74, 6) is 1.59. The Bertz CT molecular complexity index is 597. The normalized spacial score (nSPS) is 24.0. The summed E-state index contributed by atoms with van der Waals surface area (Å²) in [5, 5.41) is 0. The van der Waals surface area contributed by atoms with E-state index in [0.717, 1.165) is 57.8 Å². The molecule has 25 heavy (non-hydrogen) atoms. The third-order valence-electron chi connectivity index (χ3n) is 5.30. The Morgan fingerprint density at radius 3 is 2.96 bits per heavy atom. The molecule has 0 N–H and O–H groups in total. The predicted octanol–water partition coefficient (Wildman–Crippen LogP) is 1.73. The van der Waals surface area contributed by atoms with Crippen molar-refractivity contribution in [2.75, 3.05) is 51.9 Å². The standard InChI is InChI=1S/C18H28N4O3/c1-24-12-4-11-21-13-18(8-5-16(21)23)7-3-10-22(14-18)17-19-9-6-15(20-17)25-2/h6,9H,3-5,7-8,10-14H2,1-2H3/t18-/m1/s1. The number of hydrogen-bond donors (Lipinski definition) is 0. The Morgan fingerprint density at radius 1 is 1.28 bits per heavy atom. The summed E-state index contributed by atoms with van der Waals surface area (Å²) in [7, 11) is 3.32. The summed E-state index contributed by atoms with van der Waals surface area (Å²) in [6.07, 6.45) is 6.47. The van der Waals surface area contributed by atoms with Crippen molar-refractivity contribution in [2.24, 2.45) is 5.41 Å². The van der Waals surface area contributed by atoms with Gasteiger partial charge in [-0.25, -0.2) is 4.98 Å². The molecule has 1 amide bonds. The van der Waals surface area contributed by atoms with Gasteiger partial charge in [-0.3, -0.25) is 4.79 Å². The van der Waals surface area contributed by atoms with E-state index < -0.39 is 0 Å². The zero-order valence-electron chi connectivity index (χ0n) is 15.2. The van der Waals surface area contributed by atoms with Gasteiger partial charge in [0.05, 0.1) is 7.11 Å². The highest BCUT2D eigenvalue weighted by atomic mass is 16.5. The number of methoxy groups -OCH3 is 2. The molecule has 2 aliphatic rings. The highest BCUT2D eigenvalue weighted by Gasteiger charge is 2.42. The summed E-state index contributed by atoms with van der Waals surface area (Å²) in [6.45, 7) is 4.15. The Hall–Kier alpha value is -1.89. The van der Waals surface area contributed by atoms with Gasteiger partial charge >= 0.3 is 0 Å². The molecular weight excluding hydrogens is 320 g/mol. The Morgan fingerprint density at radius 2 is 2.16 bits per heavy atom. The van der Waals surface area contributed by atoms with Gasteiger partial charge < -0.3 is 19.3 Å². The summed E-state index contributed by atoms with van der Waals surface area (Å²) in [4.78, 5) is 25.5. The van der Waals surface area contributed by atoms with Gasteiger partial charge in [-0.2, -0.15) is 4.98 Å². The smallest absolute Gasteiger partial charge is 0.228 e. The van der Waals surface area contributed by atoms with E-state index in [1.165, 1.54) is 0 Å². The number of anilines is 1. The zero-order valence-corrected chi connectivity index (χ0v) is 15.2. The first kappa shape index (κ1) is 17.9. The lowest BCUT2D eigenvalue weighted by Crippen LogP contribution is -2.54. The second kappa shape index (κ2) is 7.99. The first-order valence-electron chi connectivity index (χ1n) is 9.04. The summed E-state index contributed by atoms with van der Waals surface area (Å²) in [6, 6.07) is 1.76. The van der Waals surface area contributed by atoms with Crippen molar-refractivity contribution in [3.63, 3.8) is 0 Å². The van der Waals surface area contributed by atoms with E-state index in [1.54, 1.807) is 26.5 Å². The molecule has 0 unspecified atom stereocenters. The van der Waals surface area contributed by atoms with Gasteiger partial charge in [-0.1, -0.05) is 0 Å². The molecule has 1 aromatic rings. The van der Waals surface area contributed by atoms with Crippen LogP contribution < -0.4 is 9.64 Å². The fourth-order valence-electron chi connectivity index (χ4n) is 4.02. The molecule has 7 heteroatoms. The van der Waals surface area contributed by atoms with Crippen LogP contribution in [0.25, 0.3) is 0 Å². The Labute approximate surface area is 149 Å². The number of carbonyl (C=O) groups is 1. The van der Waals surface area contributed by atoms with Gasteiger partial charge in [0, 0.05) is 64.0 Å². The number of aromatic nitrogens is 2. The molecule has 3 rings (SSSR count). The van der Waals surface area contributed by atoms with Crippen molar-refractivity contribution in [2.45, 2.75) is 32.1 Å². The second-order valence-electron chi connectivity index (χ2n) is 7.09. The van der Waals surface area contributed by atoms with E-state index in [1.807, 2.05) is 4.90 Å². The van der Waals surface area contributed by atoms with Gasteiger partial charge in [-0.05, 0) is 25.7 Å². The van der Waals surface area contributed by atoms with Crippen molar-refractivity contribution in [1.82, 2.24) is 14.9 Å². The average molecular weight is 348 g/mol. The minimum absolute atomic E-state index is 0.145. The molecule has 1 spiro atoms. The maximum absolute atomic E-state index is 12.3. The number of nitrogens with zero attached hydrogens (tertiary/aromatic N) is 4. The van der Waals surface area contributed by atoms with Crippen LogP contribution in [-0.2, 0) is 9.53 Å². The predicted molar refractivity (Wildman–Crippen MR) is 94.8 cm³/mol. The van der Waals surface area contributed by atoms with Crippen LogP contribution in [0.2, 0.25) is 0 Å². The summed E-state index contributed by atoms with van der Waals surface area (Å²) < 4.78 is 10.4. The minimum Gasteiger partial charge on any atom is -0.481 e. The second-order valence-corrected chi connectivity index (χ2v) is 7.09. The number of carbonyl (C=O) groups excluding carboxylic acids is 1. The number of rotatable bonds is 6. The monoisotopic (exact) mass is 348 g/mol. The molecule has 0 aromatic carbocycles. The molecule has 1 atom stereocenters. The van der Waals surface area contributed by atoms with Crippen LogP contribution in [0.15, 0.2) is 12.3 Å². The number of piperidine rings is 2. The molecule has 2 fully saturated rings. The van der Waals surface area contributed by atoms with Gasteiger partial charge in [0.2, 0.25) is 17.7 Å². The van der Waals surface area contributed by atoms with Gasteiger partial charge in [0.25, 0.3) is 0 Å². The van der Waals surface area contributed by atoms with E-state index in [4.69, 9.17) is 9.47 Å². The van der Waals surface area contributed by atoms with E-state index in [9.17, 15) is 4.79 Å². The molecule has 0 radical (unpaired) electrons. The largest absolute Gasteiger partial charge is 0.481 e. The third-order valence-corrected chi connectivity index (χ3v) is 5.30. The first-order valence-corrected chi connectivity index (χ1v) is 9.04. The van der Waals surface area contributed by atoms with Crippen molar-refractivity contribution < 1.29 is 14.3 Å². The van der Waals surface area contributed by atoms with E-state index >= 15 is 0 Å². The maximum atomic E-state index is 12.3. The third kappa shape index (κ3) is 4.21. The summed E-state index contributed by atoms with van der Waals surface area (Å²) >= 11 is 0. The van der Waals surface area contributed by atoms with Crippen LogP contribution in [0.5, 0.6) is 5.88 Å². The van der Waals surface area contributed by atoms with Crippen LogP contribution in [0.4, 0.5) is 5.95 Å². The van der Waals surface area contributed by atoms with Crippen molar-refractivity contribution in [3.8, 4) is 5.88 Å².